The van der Waals surface area contributed by atoms with Gasteiger partial charge in [0.2, 0.25) is 0 Å². The summed E-state index contributed by atoms with van der Waals surface area (Å²) in [5.74, 6) is 0.242. The van der Waals surface area contributed by atoms with Gasteiger partial charge in [-0.1, -0.05) is 72.8 Å². The Morgan fingerprint density at radius 2 is 1.47 bits per heavy atom. The Labute approximate surface area is 222 Å². The minimum Gasteiger partial charge on any atom is -0.272 e. The van der Waals surface area contributed by atoms with E-state index in [1.807, 2.05) is 78.9 Å². The molecule has 0 aliphatic carbocycles. The molecule has 1 aliphatic heterocycles. The Bertz CT molecular complexity index is 1700. The van der Waals surface area contributed by atoms with E-state index in [-0.39, 0.29) is 16.8 Å². The molecule has 0 radical (unpaired) electrons. The highest BCUT2D eigenvalue weighted by molar-refractivity contribution is 8.00. The van der Waals surface area contributed by atoms with Gasteiger partial charge in [-0.25, -0.2) is 9.99 Å². The molecule has 5 aromatic rings. The lowest BCUT2D eigenvalue weighted by molar-refractivity contribution is -0.130. The largest absolute Gasteiger partial charge is 0.272 e. The molecule has 1 saturated heterocycles. The van der Waals surface area contributed by atoms with Crippen LogP contribution >= 0.6 is 11.8 Å². The van der Waals surface area contributed by atoms with E-state index in [1.165, 1.54) is 16.8 Å². The molecule has 2 heterocycles. The maximum Gasteiger partial charge on any atom is 0.269 e. The molecule has 8 heteroatoms. The number of aromatic nitrogens is 2. The van der Waals surface area contributed by atoms with Crippen molar-refractivity contribution in [2.75, 3.05) is 5.75 Å². The van der Waals surface area contributed by atoms with Gasteiger partial charge in [-0.15, -0.1) is 11.8 Å². The Hall–Kier alpha value is -4.69. The zero-order valence-electron chi connectivity index (χ0n) is 20.2. The number of rotatable bonds is 5. The van der Waals surface area contributed by atoms with Crippen LogP contribution in [0.15, 0.2) is 114 Å². The number of para-hydroxylation sites is 1. The second-order valence-electron chi connectivity index (χ2n) is 8.78. The van der Waals surface area contributed by atoms with Gasteiger partial charge >= 0.3 is 0 Å². The standard InChI is InChI=1S/C30H22N4O3S/c35-26-19-38-30(22-11-5-2-6-12-22)34(26)32-28(36)21-15-17-23(18-16-21)33-27(20-9-3-1-4-10-20)31-25-14-8-7-13-24(25)29(33)37/h1-18,30H,19H2,(H,32,36). The second kappa shape index (κ2) is 9.99. The lowest BCUT2D eigenvalue weighted by atomic mass is 10.1. The third kappa shape index (κ3) is 4.35. The number of benzene rings is 4. The van der Waals surface area contributed by atoms with E-state index in [4.69, 9.17) is 4.98 Å². The molecule has 2 amide bonds. The zero-order chi connectivity index (χ0) is 26.1. The van der Waals surface area contributed by atoms with Crippen LogP contribution in [0.25, 0.3) is 28.0 Å². The molecule has 0 saturated carbocycles. The maximum absolute atomic E-state index is 13.6. The van der Waals surface area contributed by atoms with Gasteiger partial charge in [0.05, 0.1) is 22.3 Å². The topological polar surface area (TPSA) is 84.3 Å². The smallest absolute Gasteiger partial charge is 0.269 e. The summed E-state index contributed by atoms with van der Waals surface area (Å²) in [5.41, 5.74) is 5.88. The van der Waals surface area contributed by atoms with Gasteiger partial charge < -0.3 is 0 Å². The number of nitrogens with one attached hydrogen (secondary N) is 1. The van der Waals surface area contributed by atoms with Crippen molar-refractivity contribution in [2.45, 2.75) is 5.37 Å². The van der Waals surface area contributed by atoms with Gasteiger partial charge in [0.25, 0.3) is 17.4 Å². The van der Waals surface area contributed by atoms with Crippen molar-refractivity contribution in [3.05, 3.63) is 131 Å². The van der Waals surface area contributed by atoms with E-state index >= 15 is 0 Å². The fourth-order valence-corrected chi connectivity index (χ4v) is 5.61. The molecular weight excluding hydrogens is 496 g/mol. The number of carbonyl (C=O) groups excluding carboxylic acids is 2. The maximum atomic E-state index is 13.6. The molecule has 38 heavy (non-hydrogen) atoms. The van der Waals surface area contributed by atoms with Crippen molar-refractivity contribution in [3.63, 3.8) is 0 Å². The molecule has 7 nitrogen and oxygen atoms in total. The van der Waals surface area contributed by atoms with Gasteiger partial charge in [-0.3, -0.25) is 24.4 Å². The van der Waals surface area contributed by atoms with Gasteiger partial charge in [0, 0.05) is 11.1 Å². The Morgan fingerprint density at radius 3 is 2.21 bits per heavy atom. The molecule has 1 N–H and O–H groups in total. The Morgan fingerprint density at radius 1 is 0.816 bits per heavy atom. The van der Waals surface area contributed by atoms with Crippen LogP contribution in [0, 0.1) is 0 Å². The van der Waals surface area contributed by atoms with Crippen molar-refractivity contribution in [3.8, 4) is 17.1 Å². The monoisotopic (exact) mass is 518 g/mol. The number of hydrogen-bond acceptors (Lipinski definition) is 5. The number of carbonyl (C=O) groups is 2. The van der Waals surface area contributed by atoms with Crippen LogP contribution in [0.4, 0.5) is 0 Å². The molecule has 1 unspecified atom stereocenters. The predicted octanol–water partition coefficient (Wildman–Crippen LogP) is 4.97. The molecule has 1 atom stereocenters. The van der Waals surface area contributed by atoms with E-state index in [9.17, 15) is 14.4 Å². The first-order chi connectivity index (χ1) is 18.6. The number of hydrogen-bond donors (Lipinski definition) is 1. The van der Waals surface area contributed by atoms with E-state index < -0.39 is 5.91 Å². The Kier molecular flexibility index (Phi) is 6.23. The summed E-state index contributed by atoms with van der Waals surface area (Å²) in [6.07, 6.45) is 0. The first-order valence-corrected chi connectivity index (χ1v) is 13.1. The second-order valence-corrected chi connectivity index (χ2v) is 9.85. The van der Waals surface area contributed by atoms with Gasteiger partial charge in [0.1, 0.15) is 11.2 Å². The minimum atomic E-state index is -0.402. The van der Waals surface area contributed by atoms with E-state index in [1.54, 1.807) is 34.9 Å². The fraction of sp³-hybridized carbons (Fsp3) is 0.0667. The van der Waals surface area contributed by atoms with Gasteiger partial charge in [0.15, 0.2) is 0 Å². The summed E-state index contributed by atoms with van der Waals surface area (Å²) in [5, 5.41) is 1.61. The van der Waals surface area contributed by atoms with Gasteiger partial charge in [-0.2, -0.15) is 0 Å². The summed E-state index contributed by atoms with van der Waals surface area (Å²) in [4.78, 5) is 44.0. The van der Waals surface area contributed by atoms with Crippen molar-refractivity contribution in [1.82, 2.24) is 20.0 Å². The van der Waals surface area contributed by atoms with Crippen LogP contribution < -0.4 is 11.0 Å². The molecule has 1 aromatic heterocycles. The minimum absolute atomic E-state index is 0.157. The highest BCUT2D eigenvalue weighted by atomic mass is 32.2. The molecule has 1 aliphatic rings. The molecular formula is C30H22N4O3S. The fourth-order valence-electron chi connectivity index (χ4n) is 4.50. The Balaban J connectivity index is 1.33. The number of amides is 2. The molecule has 186 valence electrons. The van der Waals surface area contributed by atoms with E-state index in [0.29, 0.717) is 33.7 Å². The number of nitrogens with zero attached hydrogens (tertiary/aromatic N) is 3. The number of thioether (sulfide) groups is 1. The summed E-state index contributed by atoms with van der Waals surface area (Å²) in [7, 11) is 0. The number of fused-ring (bicyclic) bond motifs is 1. The average molecular weight is 519 g/mol. The predicted molar refractivity (Wildman–Crippen MR) is 149 cm³/mol. The van der Waals surface area contributed by atoms with Crippen molar-refractivity contribution < 1.29 is 9.59 Å². The SMILES string of the molecule is O=C(NN1C(=O)CSC1c1ccccc1)c1ccc(-n2c(-c3ccccc3)nc3ccccc3c2=O)cc1. The van der Waals surface area contributed by atoms with Crippen LogP contribution in [-0.4, -0.2) is 32.1 Å². The zero-order valence-corrected chi connectivity index (χ0v) is 21.0. The van der Waals surface area contributed by atoms with Crippen LogP contribution in [0.2, 0.25) is 0 Å². The third-order valence-corrected chi connectivity index (χ3v) is 7.58. The van der Waals surface area contributed by atoms with Gasteiger partial charge in [-0.05, 0) is 42.0 Å². The third-order valence-electron chi connectivity index (χ3n) is 6.37. The van der Waals surface area contributed by atoms with E-state index in [0.717, 1.165) is 11.1 Å². The summed E-state index contributed by atoms with van der Waals surface area (Å²) in [6, 6.07) is 33.1. The highest BCUT2D eigenvalue weighted by Crippen LogP contribution is 2.37. The normalized spacial score (nSPS) is 15.1. The molecule has 0 spiro atoms. The number of hydrazine groups is 1. The van der Waals surface area contributed by atoms with Crippen LogP contribution in [0.1, 0.15) is 21.3 Å². The summed E-state index contributed by atoms with van der Waals surface area (Å²) < 4.78 is 1.56. The van der Waals surface area contributed by atoms with Crippen LogP contribution in [0.5, 0.6) is 0 Å². The molecule has 1 fully saturated rings. The van der Waals surface area contributed by atoms with Crippen molar-refractivity contribution in [1.29, 1.82) is 0 Å². The molecule has 4 aromatic carbocycles. The summed E-state index contributed by atoms with van der Waals surface area (Å²) in [6.45, 7) is 0. The highest BCUT2D eigenvalue weighted by Gasteiger charge is 2.34. The quantitative estimate of drug-likeness (QED) is 0.355. The first-order valence-electron chi connectivity index (χ1n) is 12.1. The lowest BCUT2D eigenvalue weighted by Gasteiger charge is -2.24. The first kappa shape index (κ1) is 23.7. The van der Waals surface area contributed by atoms with E-state index in [2.05, 4.69) is 5.43 Å². The lowest BCUT2D eigenvalue weighted by Crippen LogP contribution is -2.44. The van der Waals surface area contributed by atoms with Crippen LogP contribution in [0.3, 0.4) is 0 Å². The van der Waals surface area contributed by atoms with Crippen LogP contribution in [-0.2, 0) is 4.79 Å². The van der Waals surface area contributed by atoms with Crippen molar-refractivity contribution >= 4 is 34.5 Å². The molecule has 0 bridgehead atoms. The summed E-state index contributed by atoms with van der Waals surface area (Å²) >= 11 is 1.47. The molecule has 6 rings (SSSR count). The average Bonchev–Trinajstić information content (AvgIpc) is 3.33. The van der Waals surface area contributed by atoms with Crippen molar-refractivity contribution in [2.24, 2.45) is 0 Å².